The van der Waals surface area contributed by atoms with E-state index in [1.54, 1.807) is 26.0 Å². The van der Waals surface area contributed by atoms with E-state index in [1.165, 1.54) is 12.1 Å². The molecule has 0 amide bonds. The minimum Gasteiger partial charge on any atom is -0.493 e. The summed E-state index contributed by atoms with van der Waals surface area (Å²) in [4.78, 5) is 10.8. The zero-order chi connectivity index (χ0) is 12.9. The Morgan fingerprint density at radius 1 is 1.47 bits per heavy atom. The quantitative estimate of drug-likeness (QED) is 0.777. The maximum absolute atomic E-state index is 12.8. The van der Waals surface area contributed by atoms with Gasteiger partial charge in [-0.3, -0.25) is 4.79 Å². The molecule has 17 heavy (non-hydrogen) atoms. The van der Waals surface area contributed by atoms with Gasteiger partial charge in [-0.25, -0.2) is 4.39 Å². The van der Waals surface area contributed by atoms with Gasteiger partial charge in [-0.1, -0.05) is 6.07 Å². The molecule has 0 saturated carbocycles. The first-order valence-electron chi connectivity index (χ1n) is 5.53. The van der Waals surface area contributed by atoms with Crippen LogP contribution in [0.15, 0.2) is 24.3 Å². The predicted molar refractivity (Wildman–Crippen MR) is 62.5 cm³/mol. The average Bonchev–Trinajstić information content (AvgIpc) is 2.24. The third kappa shape index (κ3) is 4.43. The number of aliphatic carboxylic acids is 1. The molecule has 0 heterocycles. The fraction of sp³-hybridized carbons (Fsp3) is 0.462. The molecular weight excluding hydrogens is 223 g/mol. The number of carbonyl (C=O) groups is 1. The van der Waals surface area contributed by atoms with Crippen LogP contribution in [0.2, 0.25) is 0 Å². The molecule has 0 fully saturated rings. The van der Waals surface area contributed by atoms with Gasteiger partial charge in [-0.05, 0) is 38.8 Å². The summed E-state index contributed by atoms with van der Waals surface area (Å²) >= 11 is 0. The summed E-state index contributed by atoms with van der Waals surface area (Å²) in [5, 5.41) is 8.90. The Balaban J connectivity index is 2.32. The number of carboxylic acid groups (broad SMARTS) is 1. The molecule has 1 aromatic carbocycles. The molecule has 1 N–H and O–H groups in total. The van der Waals surface area contributed by atoms with Gasteiger partial charge in [0.15, 0.2) is 0 Å². The van der Waals surface area contributed by atoms with Gasteiger partial charge in [0, 0.05) is 6.07 Å². The number of hydrogen-bond donors (Lipinski definition) is 1. The Labute approximate surface area is 100 Å². The molecular formula is C13H17FO3. The summed E-state index contributed by atoms with van der Waals surface area (Å²) in [5.74, 6) is -0.685. The zero-order valence-corrected chi connectivity index (χ0v) is 10.1. The van der Waals surface area contributed by atoms with E-state index in [2.05, 4.69) is 0 Å². The summed E-state index contributed by atoms with van der Waals surface area (Å²) in [7, 11) is 0. The highest BCUT2D eigenvalue weighted by molar-refractivity contribution is 5.73. The van der Waals surface area contributed by atoms with E-state index < -0.39 is 11.4 Å². The van der Waals surface area contributed by atoms with E-state index >= 15 is 0 Å². The molecule has 0 atom stereocenters. The van der Waals surface area contributed by atoms with E-state index in [4.69, 9.17) is 9.84 Å². The normalized spacial score (nSPS) is 11.2. The van der Waals surface area contributed by atoms with Crippen molar-refractivity contribution >= 4 is 5.97 Å². The zero-order valence-electron chi connectivity index (χ0n) is 10.1. The van der Waals surface area contributed by atoms with Gasteiger partial charge in [-0.2, -0.15) is 0 Å². The van der Waals surface area contributed by atoms with E-state index in [9.17, 15) is 9.18 Å². The van der Waals surface area contributed by atoms with Crippen molar-refractivity contribution in [3.8, 4) is 5.75 Å². The second-order valence-electron chi connectivity index (χ2n) is 4.60. The lowest BCUT2D eigenvalue weighted by Crippen LogP contribution is -2.24. The van der Waals surface area contributed by atoms with Crippen molar-refractivity contribution in [1.82, 2.24) is 0 Å². The molecule has 0 aliphatic heterocycles. The Morgan fingerprint density at radius 3 is 2.76 bits per heavy atom. The average molecular weight is 240 g/mol. The molecule has 0 radical (unpaired) electrons. The fourth-order valence-electron chi connectivity index (χ4n) is 1.37. The number of hydrogen-bond acceptors (Lipinski definition) is 2. The maximum atomic E-state index is 12.8. The van der Waals surface area contributed by atoms with Crippen molar-refractivity contribution in [3.05, 3.63) is 30.1 Å². The molecule has 0 unspecified atom stereocenters. The van der Waals surface area contributed by atoms with E-state index in [-0.39, 0.29) is 5.82 Å². The highest BCUT2D eigenvalue weighted by Gasteiger charge is 2.26. The van der Waals surface area contributed by atoms with E-state index in [1.807, 2.05) is 0 Å². The van der Waals surface area contributed by atoms with Crippen LogP contribution in [0.5, 0.6) is 5.75 Å². The largest absolute Gasteiger partial charge is 0.493 e. The summed E-state index contributed by atoms with van der Waals surface area (Å²) in [6.07, 6.45) is 1.15. The first-order valence-corrected chi connectivity index (χ1v) is 5.53. The van der Waals surface area contributed by atoms with Crippen LogP contribution in [0.3, 0.4) is 0 Å². The molecule has 0 saturated heterocycles. The Bertz CT molecular complexity index is 388. The highest BCUT2D eigenvalue weighted by Crippen LogP contribution is 2.22. The molecule has 3 nitrogen and oxygen atoms in total. The minimum atomic E-state index is -0.816. The SMILES string of the molecule is CC(C)(CCCOc1cccc(F)c1)C(=O)O. The second kappa shape index (κ2) is 5.66. The first-order chi connectivity index (χ1) is 7.92. The van der Waals surface area contributed by atoms with Crippen molar-refractivity contribution in [2.75, 3.05) is 6.61 Å². The summed E-state index contributed by atoms with van der Waals surface area (Å²) in [6.45, 7) is 3.75. The van der Waals surface area contributed by atoms with Gasteiger partial charge in [0.2, 0.25) is 0 Å². The van der Waals surface area contributed by atoms with Crippen LogP contribution < -0.4 is 4.74 Å². The maximum Gasteiger partial charge on any atom is 0.309 e. The van der Waals surface area contributed by atoms with Crippen molar-refractivity contribution in [1.29, 1.82) is 0 Å². The van der Waals surface area contributed by atoms with Gasteiger partial charge in [0.05, 0.1) is 12.0 Å². The fourth-order valence-corrected chi connectivity index (χ4v) is 1.37. The van der Waals surface area contributed by atoms with Crippen molar-refractivity contribution in [2.45, 2.75) is 26.7 Å². The minimum absolute atomic E-state index is 0.339. The van der Waals surface area contributed by atoms with Crippen LogP contribution in [0.1, 0.15) is 26.7 Å². The molecule has 0 aliphatic rings. The standard InChI is InChI=1S/C13H17FO3/c1-13(2,12(15)16)7-4-8-17-11-6-3-5-10(14)9-11/h3,5-6,9H,4,7-8H2,1-2H3,(H,15,16). The van der Waals surface area contributed by atoms with Crippen LogP contribution in [0.25, 0.3) is 0 Å². The van der Waals surface area contributed by atoms with Crippen molar-refractivity contribution < 1.29 is 19.0 Å². The van der Waals surface area contributed by atoms with E-state index in [0.29, 0.717) is 25.2 Å². The highest BCUT2D eigenvalue weighted by atomic mass is 19.1. The summed E-state index contributed by atoms with van der Waals surface area (Å²) in [6, 6.07) is 5.90. The number of benzene rings is 1. The van der Waals surface area contributed by atoms with Gasteiger partial charge in [-0.15, -0.1) is 0 Å². The topological polar surface area (TPSA) is 46.5 Å². The Morgan fingerprint density at radius 2 is 2.18 bits per heavy atom. The first kappa shape index (κ1) is 13.5. The van der Waals surface area contributed by atoms with Crippen LogP contribution in [-0.4, -0.2) is 17.7 Å². The van der Waals surface area contributed by atoms with Crippen molar-refractivity contribution in [2.24, 2.45) is 5.41 Å². The Kier molecular flexibility index (Phi) is 4.49. The van der Waals surface area contributed by atoms with Crippen LogP contribution in [-0.2, 0) is 4.79 Å². The number of ether oxygens (including phenoxy) is 1. The lowest BCUT2D eigenvalue weighted by Gasteiger charge is -2.18. The van der Waals surface area contributed by atoms with Crippen molar-refractivity contribution in [3.63, 3.8) is 0 Å². The van der Waals surface area contributed by atoms with Crippen LogP contribution in [0.4, 0.5) is 4.39 Å². The van der Waals surface area contributed by atoms with Gasteiger partial charge < -0.3 is 9.84 Å². The smallest absolute Gasteiger partial charge is 0.309 e. The molecule has 0 aliphatic carbocycles. The molecule has 0 bridgehead atoms. The van der Waals surface area contributed by atoms with Gasteiger partial charge in [0.25, 0.3) is 0 Å². The molecule has 0 spiro atoms. The van der Waals surface area contributed by atoms with E-state index in [0.717, 1.165) is 0 Å². The second-order valence-corrected chi connectivity index (χ2v) is 4.60. The molecule has 1 rings (SSSR count). The lowest BCUT2D eigenvalue weighted by molar-refractivity contribution is -0.147. The number of rotatable bonds is 6. The molecule has 1 aromatic rings. The lowest BCUT2D eigenvalue weighted by atomic mass is 9.88. The summed E-state index contributed by atoms with van der Waals surface area (Å²) in [5.41, 5.74) is -0.745. The van der Waals surface area contributed by atoms with Crippen LogP contribution >= 0.6 is 0 Å². The molecule has 94 valence electrons. The molecule has 4 heteroatoms. The third-order valence-electron chi connectivity index (χ3n) is 2.59. The number of carboxylic acids is 1. The number of halogens is 1. The van der Waals surface area contributed by atoms with Crippen LogP contribution in [0, 0.1) is 11.2 Å². The van der Waals surface area contributed by atoms with Gasteiger partial charge in [0.1, 0.15) is 11.6 Å². The predicted octanol–water partition coefficient (Wildman–Crippen LogP) is 3.10. The monoisotopic (exact) mass is 240 g/mol. The van der Waals surface area contributed by atoms with Gasteiger partial charge >= 0.3 is 5.97 Å². The Hall–Kier alpha value is -1.58. The third-order valence-corrected chi connectivity index (χ3v) is 2.59. The molecule has 0 aromatic heterocycles. The summed E-state index contributed by atoms with van der Waals surface area (Å²) < 4.78 is 18.1.